The lowest BCUT2D eigenvalue weighted by molar-refractivity contribution is -0.123. The molecule has 9 heteroatoms. The highest BCUT2D eigenvalue weighted by atomic mass is 79.9. The van der Waals surface area contributed by atoms with Crippen LogP contribution >= 0.6 is 27.3 Å². The third-order valence-electron chi connectivity index (χ3n) is 2.71. The molecule has 2 rings (SSSR count). The van der Waals surface area contributed by atoms with Crippen LogP contribution in [0, 0.1) is 0 Å². The number of amides is 1. The predicted octanol–water partition coefficient (Wildman–Crippen LogP) is 3.88. The second kappa shape index (κ2) is 5.80. The summed E-state index contributed by atoms with van der Waals surface area (Å²) in [5.74, 6) is -5.18. The second-order valence-corrected chi connectivity index (χ2v) is 6.11. The van der Waals surface area contributed by atoms with E-state index < -0.39 is 24.8 Å². The summed E-state index contributed by atoms with van der Waals surface area (Å²) in [6.45, 7) is -1.45. The molecule has 1 aromatic heterocycles. The number of carbonyl (C=O) groups excluding carboxylic acids is 1. The first-order valence-electron chi connectivity index (χ1n) is 5.64. The lowest BCUT2D eigenvalue weighted by Gasteiger charge is -2.15. The molecule has 0 unspecified atom stereocenters. The second-order valence-electron chi connectivity index (χ2n) is 4.20. The van der Waals surface area contributed by atoms with Gasteiger partial charge < -0.3 is 11.1 Å². The SMILES string of the molecule is Nc1c(C(=O)NCC(F)(F)C(F)F)sc2cccc(Br)c12. The molecule has 0 fully saturated rings. The van der Waals surface area contributed by atoms with Crippen molar-refractivity contribution in [2.45, 2.75) is 12.3 Å². The van der Waals surface area contributed by atoms with E-state index in [0.717, 1.165) is 11.3 Å². The van der Waals surface area contributed by atoms with E-state index in [-0.39, 0.29) is 10.6 Å². The Morgan fingerprint density at radius 1 is 1.43 bits per heavy atom. The lowest BCUT2D eigenvalue weighted by Crippen LogP contribution is -2.41. The van der Waals surface area contributed by atoms with Crippen molar-refractivity contribution in [3.8, 4) is 0 Å². The standard InChI is InChI=1S/C12H9BrF4N2OS/c13-5-2-1-3-6-7(5)8(18)9(21-6)10(20)19-4-12(16,17)11(14)15/h1-3,11H,4,18H2,(H,19,20). The van der Waals surface area contributed by atoms with E-state index in [1.165, 1.54) is 0 Å². The van der Waals surface area contributed by atoms with Crippen LogP contribution in [0.1, 0.15) is 9.67 Å². The van der Waals surface area contributed by atoms with E-state index in [1.54, 1.807) is 23.5 Å². The molecule has 1 amide bonds. The Hall–Kier alpha value is -1.35. The molecule has 0 bridgehead atoms. The van der Waals surface area contributed by atoms with Crippen molar-refractivity contribution in [2.75, 3.05) is 12.3 Å². The quantitative estimate of drug-likeness (QED) is 0.786. The van der Waals surface area contributed by atoms with Gasteiger partial charge in [-0.1, -0.05) is 22.0 Å². The van der Waals surface area contributed by atoms with E-state index in [9.17, 15) is 22.4 Å². The van der Waals surface area contributed by atoms with Crippen LogP contribution in [-0.4, -0.2) is 24.8 Å². The van der Waals surface area contributed by atoms with Crippen LogP contribution in [0.2, 0.25) is 0 Å². The third-order valence-corrected chi connectivity index (χ3v) is 4.54. The number of benzene rings is 1. The van der Waals surface area contributed by atoms with Gasteiger partial charge in [-0.25, -0.2) is 8.78 Å². The first-order valence-corrected chi connectivity index (χ1v) is 7.25. The maximum atomic E-state index is 12.8. The molecular formula is C12H9BrF4N2OS. The van der Waals surface area contributed by atoms with Gasteiger partial charge in [-0.2, -0.15) is 8.78 Å². The molecule has 0 aliphatic heterocycles. The molecule has 1 aromatic carbocycles. The van der Waals surface area contributed by atoms with Gasteiger partial charge in [0.05, 0.1) is 12.2 Å². The number of alkyl halides is 4. The van der Waals surface area contributed by atoms with Gasteiger partial charge in [-0.05, 0) is 12.1 Å². The molecule has 0 saturated carbocycles. The number of nitrogen functional groups attached to an aromatic ring is 1. The average Bonchev–Trinajstić information content (AvgIpc) is 2.75. The molecule has 0 radical (unpaired) electrons. The first kappa shape index (κ1) is 16.0. The van der Waals surface area contributed by atoms with Gasteiger partial charge in [0.2, 0.25) is 0 Å². The number of anilines is 1. The van der Waals surface area contributed by atoms with Crippen molar-refractivity contribution in [3.63, 3.8) is 0 Å². The van der Waals surface area contributed by atoms with Gasteiger partial charge >= 0.3 is 12.3 Å². The Bertz CT molecular complexity index is 689. The number of hydrogen-bond acceptors (Lipinski definition) is 3. The molecule has 3 nitrogen and oxygen atoms in total. The zero-order valence-electron chi connectivity index (χ0n) is 10.3. The molecule has 21 heavy (non-hydrogen) atoms. The number of halogens is 5. The number of fused-ring (bicyclic) bond motifs is 1. The molecule has 0 aliphatic rings. The Labute approximate surface area is 129 Å². The van der Waals surface area contributed by atoms with Gasteiger partial charge in [0.25, 0.3) is 5.91 Å². The van der Waals surface area contributed by atoms with Gasteiger partial charge in [0.15, 0.2) is 0 Å². The van der Waals surface area contributed by atoms with E-state index in [0.29, 0.717) is 14.6 Å². The molecular weight excluding hydrogens is 376 g/mol. The molecule has 2 aromatic rings. The summed E-state index contributed by atoms with van der Waals surface area (Å²) in [7, 11) is 0. The van der Waals surface area contributed by atoms with Crippen LogP contribution in [-0.2, 0) is 0 Å². The number of thiophene rings is 1. The summed E-state index contributed by atoms with van der Waals surface area (Å²) in [6.07, 6.45) is -3.84. The van der Waals surface area contributed by atoms with E-state index >= 15 is 0 Å². The van der Waals surface area contributed by atoms with Crippen LogP contribution in [0.3, 0.4) is 0 Å². The fourth-order valence-corrected chi connectivity index (χ4v) is 3.43. The number of carbonyl (C=O) groups is 1. The monoisotopic (exact) mass is 384 g/mol. The smallest absolute Gasteiger partial charge is 0.324 e. The maximum absolute atomic E-state index is 12.8. The molecule has 114 valence electrons. The zero-order valence-corrected chi connectivity index (χ0v) is 12.7. The minimum absolute atomic E-state index is 0.0157. The van der Waals surface area contributed by atoms with Crippen LogP contribution in [0.15, 0.2) is 22.7 Å². The number of hydrogen-bond donors (Lipinski definition) is 2. The largest absolute Gasteiger partial charge is 0.397 e. The maximum Gasteiger partial charge on any atom is 0.324 e. The minimum atomic E-state index is -4.28. The summed E-state index contributed by atoms with van der Waals surface area (Å²) in [6, 6.07) is 5.17. The number of nitrogens with two attached hydrogens (primary N) is 1. The summed E-state index contributed by atoms with van der Waals surface area (Å²) >= 11 is 4.28. The van der Waals surface area contributed by atoms with Gasteiger partial charge in [-0.3, -0.25) is 4.79 Å². The Morgan fingerprint density at radius 3 is 2.67 bits per heavy atom. The van der Waals surface area contributed by atoms with Crippen LogP contribution in [0.25, 0.3) is 10.1 Å². The predicted molar refractivity (Wildman–Crippen MR) is 77.2 cm³/mol. The number of nitrogens with one attached hydrogen (secondary N) is 1. The fourth-order valence-electron chi connectivity index (χ4n) is 1.65. The highest BCUT2D eigenvalue weighted by Gasteiger charge is 2.41. The van der Waals surface area contributed by atoms with Crippen molar-refractivity contribution in [2.24, 2.45) is 0 Å². The summed E-state index contributed by atoms with van der Waals surface area (Å²) in [5.41, 5.74) is 5.95. The highest BCUT2D eigenvalue weighted by molar-refractivity contribution is 9.10. The van der Waals surface area contributed by atoms with Gasteiger partial charge in [-0.15, -0.1) is 11.3 Å². The van der Waals surface area contributed by atoms with Crippen LogP contribution < -0.4 is 11.1 Å². The molecule has 1 heterocycles. The van der Waals surface area contributed by atoms with Crippen molar-refractivity contribution >= 4 is 48.9 Å². The van der Waals surface area contributed by atoms with Crippen molar-refractivity contribution in [3.05, 3.63) is 27.5 Å². The normalized spacial score (nSPS) is 12.1. The summed E-state index contributed by atoms with van der Waals surface area (Å²) in [4.78, 5) is 11.9. The molecule has 3 N–H and O–H groups in total. The summed E-state index contributed by atoms with van der Waals surface area (Å²) < 4.78 is 51.0. The Morgan fingerprint density at radius 2 is 2.10 bits per heavy atom. The van der Waals surface area contributed by atoms with Crippen molar-refractivity contribution < 1.29 is 22.4 Å². The number of rotatable bonds is 4. The van der Waals surface area contributed by atoms with Crippen LogP contribution in [0.4, 0.5) is 23.2 Å². The highest BCUT2D eigenvalue weighted by Crippen LogP contribution is 2.38. The van der Waals surface area contributed by atoms with Crippen molar-refractivity contribution in [1.82, 2.24) is 5.32 Å². The lowest BCUT2D eigenvalue weighted by atomic mass is 10.2. The Balaban J connectivity index is 2.25. The average molecular weight is 385 g/mol. The van der Waals surface area contributed by atoms with Gasteiger partial charge in [0, 0.05) is 14.6 Å². The topological polar surface area (TPSA) is 55.1 Å². The third kappa shape index (κ3) is 3.13. The van der Waals surface area contributed by atoms with E-state index in [1.807, 2.05) is 0 Å². The molecule has 0 spiro atoms. The zero-order chi connectivity index (χ0) is 15.8. The minimum Gasteiger partial charge on any atom is -0.397 e. The summed E-state index contributed by atoms with van der Waals surface area (Å²) in [5, 5.41) is 2.38. The first-order chi connectivity index (χ1) is 9.74. The van der Waals surface area contributed by atoms with Gasteiger partial charge in [0.1, 0.15) is 4.88 Å². The molecule has 0 aliphatic carbocycles. The Kier molecular flexibility index (Phi) is 4.43. The van der Waals surface area contributed by atoms with E-state index in [2.05, 4.69) is 15.9 Å². The van der Waals surface area contributed by atoms with Crippen LogP contribution in [0.5, 0.6) is 0 Å². The van der Waals surface area contributed by atoms with Crippen molar-refractivity contribution in [1.29, 1.82) is 0 Å². The molecule has 0 saturated heterocycles. The fraction of sp³-hybridized carbons (Fsp3) is 0.250. The van der Waals surface area contributed by atoms with E-state index in [4.69, 9.17) is 5.73 Å². The molecule has 0 atom stereocenters.